The van der Waals surface area contributed by atoms with Crippen molar-refractivity contribution in [2.75, 3.05) is 6.54 Å². The minimum atomic E-state index is -1.13. The van der Waals surface area contributed by atoms with Crippen LogP contribution in [0.2, 0.25) is 0 Å². The summed E-state index contributed by atoms with van der Waals surface area (Å²) in [5, 5.41) is 24.5. The summed E-state index contributed by atoms with van der Waals surface area (Å²) in [6, 6.07) is 2.87. The topological polar surface area (TPSA) is 139 Å². The number of carboxylic acid groups (broad SMARTS) is 1. The van der Waals surface area contributed by atoms with Crippen LogP contribution in [0, 0.1) is 17.0 Å². The molecule has 9 heteroatoms. The van der Waals surface area contributed by atoms with Crippen LogP contribution in [-0.2, 0) is 9.59 Å². The Morgan fingerprint density at radius 2 is 2.00 bits per heavy atom. The molecule has 0 aliphatic rings. The van der Waals surface area contributed by atoms with Crippen LogP contribution < -0.4 is 10.6 Å². The molecule has 0 aromatic heterocycles. The van der Waals surface area contributed by atoms with Gasteiger partial charge in [-0.3, -0.25) is 19.7 Å². The van der Waals surface area contributed by atoms with E-state index in [4.69, 9.17) is 5.11 Å². The number of benzene rings is 1. The molecule has 0 heterocycles. The zero-order valence-corrected chi connectivity index (χ0v) is 14.1. The summed E-state index contributed by atoms with van der Waals surface area (Å²) in [7, 11) is 0. The molecule has 9 nitrogen and oxygen atoms in total. The number of nitrogens with zero attached hydrogens (tertiary/aromatic N) is 1. The van der Waals surface area contributed by atoms with Crippen molar-refractivity contribution < 1.29 is 24.4 Å². The number of nitrogens with one attached hydrogen (secondary N) is 2. The molecule has 0 saturated carbocycles. The Morgan fingerprint density at radius 3 is 2.52 bits per heavy atom. The Labute approximate surface area is 144 Å². The molecular weight excluding hydrogens is 330 g/mol. The fourth-order valence-electron chi connectivity index (χ4n) is 2.18. The van der Waals surface area contributed by atoms with E-state index in [9.17, 15) is 24.5 Å². The Hall–Kier alpha value is -2.97. The summed E-state index contributed by atoms with van der Waals surface area (Å²) in [5.74, 6) is -2.32. The molecule has 1 atom stereocenters. The second kappa shape index (κ2) is 9.36. The maximum absolute atomic E-state index is 12.0. The monoisotopic (exact) mass is 351 g/mol. The van der Waals surface area contributed by atoms with Crippen LogP contribution in [-0.4, -0.2) is 40.4 Å². The van der Waals surface area contributed by atoms with E-state index in [0.717, 1.165) is 6.42 Å². The van der Waals surface area contributed by atoms with Gasteiger partial charge in [-0.15, -0.1) is 0 Å². The van der Waals surface area contributed by atoms with Gasteiger partial charge in [-0.25, -0.2) is 4.79 Å². The quantitative estimate of drug-likeness (QED) is 0.454. The van der Waals surface area contributed by atoms with Crippen LogP contribution in [0.15, 0.2) is 18.2 Å². The maximum Gasteiger partial charge on any atom is 0.326 e. The highest BCUT2D eigenvalue weighted by Gasteiger charge is 2.20. The van der Waals surface area contributed by atoms with Gasteiger partial charge in [-0.1, -0.05) is 19.8 Å². The minimum absolute atomic E-state index is 0.102. The number of unbranched alkanes of at least 4 members (excludes halogenated alkanes) is 1. The Kier molecular flexibility index (Phi) is 7.51. The number of nitro groups is 1. The molecule has 25 heavy (non-hydrogen) atoms. The van der Waals surface area contributed by atoms with E-state index in [1.165, 1.54) is 25.1 Å². The van der Waals surface area contributed by atoms with E-state index in [-0.39, 0.29) is 17.8 Å². The number of aryl methyl sites for hydroxylation is 1. The predicted octanol–water partition coefficient (Wildman–Crippen LogP) is 1.39. The zero-order valence-electron chi connectivity index (χ0n) is 14.1. The van der Waals surface area contributed by atoms with Gasteiger partial charge in [0, 0.05) is 17.2 Å². The zero-order chi connectivity index (χ0) is 19.0. The number of hydrogen-bond acceptors (Lipinski definition) is 5. The minimum Gasteiger partial charge on any atom is -0.480 e. The van der Waals surface area contributed by atoms with E-state index >= 15 is 0 Å². The van der Waals surface area contributed by atoms with Crippen molar-refractivity contribution in [3.05, 3.63) is 39.4 Å². The highest BCUT2D eigenvalue weighted by molar-refractivity contribution is 5.97. The van der Waals surface area contributed by atoms with E-state index in [0.29, 0.717) is 18.4 Å². The van der Waals surface area contributed by atoms with Crippen LogP contribution in [0.5, 0.6) is 0 Å². The Bertz CT molecular complexity index is 674. The molecule has 0 radical (unpaired) electrons. The summed E-state index contributed by atoms with van der Waals surface area (Å²) in [5.41, 5.74) is 0.402. The van der Waals surface area contributed by atoms with Gasteiger partial charge < -0.3 is 15.7 Å². The van der Waals surface area contributed by atoms with E-state index < -0.39 is 28.7 Å². The van der Waals surface area contributed by atoms with E-state index in [2.05, 4.69) is 10.6 Å². The molecule has 3 N–H and O–H groups in total. The molecule has 1 aromatic carbocycles. The van der Waals surface area contributed by atoms with Crippen molar-refractivity contribution in [1.29, 1.82) is 0 Å². The van der Waals surface area contributed by atoms with Gasteiger partial charge >= 0.3 is 5.97 Å². The predicted molar refractivity (Wildman–Crippen MR) is 89.3 cm³/mol. The number of carbonyl (C=O) groups is 3. The Balaban J connectivity index is 2.60. The van der Waals surface area contributed by atoms with Gasteiger partial charge in [0.05, 0.1) is 11.5 Å². The first-order valence-electron chi connectivity index (χ1n) is 7.81. The third-order valence-corrected chi connectivity index (χ3v) is 3.54. The normalized spacial score (nSPS) is 11.4. The first-order chi connectivity index (χ1) is 11.8. The summed E-state index contributed by atoms with van der Waals surface area (Å²) in [6.45, 7) is 3.03. The summed E-state index contributed by atoms with van der Waals surface area (Å²) >= 11 is 0. The SMILES string of the molecule is CCCC[C@H](NC(=O)CNC(=O)c1ccc([N+](=O)[O-])c(C)c1)C(=O)O. The first-order valence-corrected chi connectivity index (χ1v) is 7.81. The molecule has 0 saturated heterocycles. The summed E-state index contributed by atoms with van der Waals surface area (Å²) in [4.78, 5) is 45.1. The smallest absolute Gasteiger partial charge is 0.326 e. The van der Waals surface area contributed by atoms with Crippen LogP contribution in [0.1, 0.15) is 42.1 Å². The molecule has 0 fully saturated rings. The number of aliphatic carboxylic acids is 1. The number of nitro benzene ring substituents is 1. The highest BCUT2D eigenvalue weighted by Crippen LogP contribution is 2.18. The van der Waals surface area contributed by atoms with Crippen molar-refractivity contribution in [2.45, 2.75) is 39.2 Å². The maximum atomic E-state index is 12.0. The molecule has 2 amide bonds. The van der Waals surface area contributed by atoms with Gasteiger partial charge in [0.2, 0.25) is 5.91 Å². The second-order valence-corrected chi connectivity index (χ2v) is 5.54. The molecule has 0 unspecified atom stereocenters. The van der Waals surface area contributed by atoms with Crippen molar-refractivity contribution in [3.63, 3.8) is 0 Å². The molecule has 0 spiro atoms. The lowest BCUT2D eigenvalue weighted by Gasteiger charge is -2.14. The molecule has 136 valence electrons. The molecular formula is C16H21N3O6. The lowest BCUT2D eigenvalue weighted by atomic mass is 10.1. The summed E-state index contributed by atoms with van der Waals surface area (Å²) < 4.78 is 0. The van der Waals surface area contributed by atoms with Crippen molar-refractivity contribution in [3.8, 4) is 0 Å². The van der Waals surface area contributed by atoms with Crippen molar-refractivity contribution >= 4 is 23.5 Å². The molecule has 1 aromatic rings. The van der Waals surface area contributed by atoms with E-state index in [1.807, 2.05) is 6.92 Å². The van der Waals surface area contributed by atoms with Gasteiger partial charge in [0.1, 0.15) is 6.04 Å². The standard InChI is InChI=1S/C16H21N3O6/c1-3-4-5-12(16(22)23)18-14(20)9-17-15(21)11-6-7-13(19(24)25)10(2)8-11/h6-8,12H,3-5,9H2,1-2H3,(H,17,21)(H,18,20)(H,22,23)/t12-/m0/s1. The third kappa shape index (κ3) is 6.21. The number of carboxylic acids is 1. The van der Waals surface area contributed by atoms with Crippen molar-refractivity contribution in [1.82, 2.24) is 10.6 Å². The van der Waals surface area contributed by atoms with Gasteiger partial charge in [0.15, 0.2) is 0 Å². The van der Waals surface area contributed by atoms with Crippen LogP contribution >= 0.6 is 0 Å². The number of carbonyl (C=O) groups excluding carboxylic acids is 2. The third-order valence-electron chi connectivity index (χ3n) is 3.54. The first kappa shape index (κ1) is 20.1. The fourth-order valence-corrected chi connectivity index (χ4v) is 2.18. The van der Waals surface area contributed by atoms with Gasteiger partial charge in [-0.2, -0.15) is 0 Å². The fraction of sp³-hybridized carbons (Fsp3) is 0.438. The average molecular weight is 351 g/mol. The largest absolute Gasteiger partial charge is 0.480 e. The number of rotatable bonds is 9. The molecule has 0 bridgehead atoms. The van der Waals surface area contributed by atoms with Crippen LogP contribution in [0.3, 0.4) is 0 Å². The van der Waals surface area contributed by atoms with Crippen LogP contribution in [0.4, 0.5) is 5.69 Å². The Morgan fingerprint density at radius 1 is 1.32 bits per heavy atom. The lowest BCUT2D eigenvalue weighted by molar-refractivity contribution is -0.385. The van der Waals surface area contributed by atoms with E-state index in [1.54, 1.807) is 0 Å². The lowest BCUT2D eigenvalue weighted by Crippen LogP contribution is -2.45. The van der Waals surface area contributed by atoms with Gasteiger partial charge in [-0.05, 0) is 25.5 Å². The highest BCUT2D eigenvalue weighted by atomic mass is 16.6. The number of amides is 2. The van der Waals surface area contributed by atoms with Crippen LogP contribution in [0.25, 0.3) is 0 Å². The molecule has 0 aliphatic carbocycles. The average Bonchev–Trinajstić information content (AvgIpc) is 2.55. The summed E-state index contributed by atoms with van der Waals surface area (Å²) in [6.07, 6.45) is 1.77. The van der Waals surface area contributed by atoms with Gasteiger partial charge in [0.25, 0.3) is 11.6 Å². The molecule has 0 aliphatic heterocycles. The van der Waals surface area contributed by atoms with Crippen molar-refractivity contribution in [2.24, 2.45) is 0 Å². The number of hydrogen-bond donors (Lipinski definition) is 3. The molecule has 1 rings (SSSR count). The second-order valence-electron chi connectivity index (χ2n) is 5.54.